The van der Waals surface area contributed by atoms with Crippen molar-refractivity contribution in [1.82, 2.24) is 16.0 Å². The Hall–Kier alpha value is -3.47. The lowest BCUT2D eigenvalue weighted by Gasteiger charge is -2.24. The first-order valence-electron chi connectivity index (χ1n) is 9.73. The molecule has 1 rings (SSSR count). The van der Waals surface area contributed by atoms with E-state index in [1.165, 1.54) is 13.8 Å². The van der Waals surface area contributed by atoms with Gasteiger partial charge in [-0.3, -0.25) is 24.0 Å². The molecule has 0 saturated carbocycles. The number of primary amides is 1. The van der Waals surface area contributed by atoms with Crippen LogP contribution in [-0.2, 0) is 30.4 Å². The molecule has 4 amide bonds. The number of amides is 4. The van der Waals surface area contributed by atoms with E-state index in [9.17, 15) is 24.0 Å². The van der Waals surface area contributed by atoms with Gasteiger partial charge in [-0.15, -0.1) is 0 Å². The zero-order valence-electron chi connectivity index (χ0n) is 17.5. The van der Waals surface area contributed by atoms with Gasteiger partial charge < -0.3 is 32.5 Å². The van der Waals surface area contributed by atoms with Crippen LogP contribution in [0.15, 0.2) is 30.3 Å². The topological polar surface area (TPSA) is 194 Å². The third-order valence-corrected chi connectivity index (χ3v) is 4.37. The molecule has 11 heteroatoms. The lowest BCUT2D eigenvalue weighted by atomic mass is 10.0. The van der Waals surface area contributed by atoms with Gasteiger partial charge in [0.2, 0.25) is 23.6 Å². The van der Waals surface area contributed by atoms with E-state index in [-0.39, 0.29) is 19.3 Å². The summed E-state index contributed by atoms with van der Waals surface area (Å²) in [5.74, 6) is -4.00. The molecule has 0 fully saturated rings. The van der Waals surface area contributed by atoms with Crippen LogP contribution < -0.4 is 27.4 Å². The van der Waals surface area contributed by atoms with Gasteiger partial charge in [0.15, 0.2) is 0 Å². The number of hydrogen-bond acceptors (Lipinski definition) is 6. The SMILES string of the molecule is CC(N)C(=O)NC(Cc1ccccc1)C(=O)NC(CCC(N)=O)C(=O)NC(C)C(=O)O. The van der Waals surface area contributed by atoms with Crippen LogP contribution >= 0.6 is 0 Å². The van der Waals surface area contributed by atoms with E-state index in [0.29, 0.717) is 0 Å². The zero-order valence-corrected chi connectivity index (χ0v) is 17.5. The fourth-order valence-corrected chi connectivity index (χ4v) is 2.57. The molecular formula is C20H29N5O6. The number of carbonyl (C=O) groups excluding carboxylic acids is 4. The first-order valence-corrected chi connectivity index (χ1v) is 9.73. The van der Waals surface area contributed by atoms with E-state index in [0.717, 1.165) is 5.56 Å². The summed E-state index contributed by atoms with van der Waals surface area (Å²) in [5.41, 5.74) is 11.5. The van der Waals surface area contributed by atoms with Gasteiger partial charge in [-0.25, -0.2) is 0 Å². The van der Waals surface area contributed by atoms with Crippen molar-refractivity contribution >= 4 is 29.6 Å². The summed E-state index contributed by atoms with van der Waals surface area (Å²) in [6, 6.07) is 4.52. The molecule has 31 heavy (non-hydrogen) atoms. The summed E-state index contributed by atoms with van der Waals surface area (Å²) in [4.78, 5) is 59.6. The molecule has 4 atom stereocenters. The maximum absolute atomic E-state index is 12.9. The number of benzene rings is 1. The number of carboxylic acid groups (broad SMARTS) is 1. The molecule has 0 spiro atoms. The van der Waals surface area contributed by atoms with Crippen molar-refractivity contribution in [2.45, 2.75) is 57.3 Å². The normalized spacial score (nSPS) is 14.4. The highest BCUT2D eigenvalue weighted by Crippen LogP contribution is 2.06. The predicted octanol–water partition coefficient (Wildman–Crippen LogP) is -1.60. The monoisotopic (exact) mass is 435 g/mol. The lowest BCUT2D eigenvalue weighted by Crippen LogP contribution is -2.57. The Morgan fingerprint density at radius 1 is 0.903 bits per heavy atom. The van der Waals surface area contributed by atoms with Crippen molar-refractivity contribution in [3.8, 4) is 0 Å². The minimum Gasteiger partial charge on any atom is -0.480 e. The molecule has 0 aliphatic heterocycles. The van der Waals surface area contributed by atoms with Crippen molar-refractivity contribution < 1.29 is 29.1 Å². The van der Waals surface area contributed by atoms with Gasteiger partial charge in [0.05, 0.1) is 6.04 Å². The average Bonchev–Trinajstić information content (AvgIpc) is 2.70. The smallest absolute Gasteiger partial charge is 0.325 e. The van der Waals surface area contributed by atoms with Gasteiger partial charge in [-0.1, -0.05) is 30.3 Å². The van der Waals surface area contributed by atoms with Crippen LogP contribution in [0, 0.1) is 0 Å². The highest BCUT2D eigenvalue weighted by molar-refractivity contribution is 5.94. The van der Waals surface area contributed by atoms with Crippen molar-refractivity contribution in [2.75, 3.05) is 0 Å². The molecule has 1 aromatic carbocycles. The van der Waals surface area contributed by atoms with Crippen LogP contribution in [0.25, 0.3) is 0 Å². The van der Waals surface area contributed by atoms with Crippen LogP contribution in [0.1, 0.15) is 32.3 Å². The Kier molecular flexibility index (Phi) is 10.1. The molecule has 1 aromatic rings. The number of carbonyl (C=O) groups is 5. The Morgan fingerprint density at radius 2 is 1.45 bits per heavy atom. The Morgan fingerprint density at radius 3 is 1.97 bits per heavy atom. The number of nitrogens with one attached hydrogen (secondary N) is 3. The van der Waals surface area contributed by atoms with E-state index in [2.05, 4.69) is 16.0 Å². The van der Waals surface area contributed by atoms with E-state index in [1.807, 2.05) is 0 Å². The molecule has 11 nitrogen and oxygen atoms in total. The highest BCUT2D eigenvalue weighted by Gasteiger charge is 2.29. The number of carboxylic acids is 1. The summed E-state index contributed by atoms with van der Waals surface area (Å²) >= 11 is 0. The van der Waals surface area contributed by atoms with Crippen molar-refractivity contribution in [1.29, 1.82) is 0 Å². The standard InChI is InChI=1S/C20H29N5O6/c1-11(21)17(27)25-15(10-13-6-4-3-5-7-13)19(29)24-14(8-9-16(22)26)18(28)23-12(2)20(30)31/h3-7,11-12,14-15H,8-10,21H2,1-2H3,(H2,22,26)(H,23,28)(H,24,29)(H,25,27)(H,30,31). The maximum atomic E-state index is 12.9. The van der Waals surface area contributed by atoms with Crippen LogP contribution in [0.5, 0.6) is 0 Å². The van der Waals surface area contributed by atoms with Crippen LogP contribution in [0.4, 0.5) is 0 Å². The minimum atomic E-state index is -1.26. The first kappa shape index (κ1) is 25.6. The summed E-state index contributed by atoms with van der Waals surface area (Å²) in [5, 5.41) is 16.2. The first-order chi connectivity index (χ1) is 14.5. The second-order valence-electron chi connectivity index (χ2n) is 7.17. The van der Waals surface area contributed by atoms with Gasteiger partial charge in [-0.05, 0) is 25.8 Å². The second kappa shape index (κ2) is 12.3. The number of aliphatic carboxylic acids is 1. The summed E-state index contributed by atoms with van der Waals surface area (Å²) in [7, 11) is 0. The fraction of sp³-hybridized carbons (Fsp3) is 0.450. The second-order valence-corrected chi connectivity index (χ2v) is 7.17. The number of nitrogens with two attached hydrogens (primary N) is 2. The van der Waals surface area contributed by atoms with Crippen molar-refractivity contribution in [3.63, 3.8) is 0 Å². The molecule has 0 radical (unpaired) electrons. The summed E-state index contributed by atoms with van der Waals surface area (Å²) in [6.45, 7) is 2.72. The Bertz CT molecular complexity index is 799. The predicted molar refractivity (Wildman–Crippen MR) is 111 cm³/mol. The molecule has 170 valence electrons. The number of hydrogen-bond donors (Lipinski definition) is 6. The Labute approximate surface area is 179 Å². The third-order valence-electron chi connectivity index (χ3n) is 4.37. The largest absolute Gasteiger partial charge is 0.480 e. The van der Waals surface area contributed by atoms with E-state index >= 15 is 0 Å². The summed E-state index contributed by atoms with van der Waals surface area (Å²) in [6.07, 6.45) is -0.227. The van der Waals surface area contributed by atoms with E-state index in [4.69, 9.17) is 16.6 Å². The quantitative estimate of drug-likeness (QED) is 0.227. The average molecular weight is 435 g/mol. The number of rotatable bonds is 12. The molecule has 0 heterocycles. The van der Waals surface area contributed by atoms with Gasteiger partial charge in [0.1, 0.15) is 18.1 Å². The molecule has 4 unspecified atom stereocenters. The van der Waals surface area contributed by atoms with Gasteiger partial charge >= 0.3 is 5.97 Å². The molecule has 0 saturated heterocycles. The molecule has 0 aromatic heterocycles. The van der Waals surface area contributed by atoms with E-state index in [1.54, 1.807) is 30.3 Å². The molecular weight excluding hydrogens is 406 g/mol. The van der Waals surface area contributed by atoms with Crippen LogP contribution in [-0.4, -0.2) is 58.9 Å². The zero-order chi connectivity index (χ0) is 23.6. The van der Waals surface area contributed by atoms with Crippen LogP contribution in [0.2, 0.25) is 0 Å². The summed E-state index contributed by atoms with van der Waals surface area (Å²) < 4.78 is 0. The van der Waals surface area contributed by atoms with Gasteiger partial charge in [0.25, 0.3) is 0 Å². The van der Waals surface area contributed by atoms with Crippen molar-refractivity contribution in [3.05, 3.63) is 35.9 Å². The van der Waals surface area contributed by atoms with Gasteiger partial charge in [0, 0.05) is 12.8 Å². The third kappa shape index (κ3) is 9.26. The Balaban J connectivity index is 3.02. The lowest BCUT2D eigenvalue weighted by molar-refractivity contribution is -0.142. The maximum Gasteiger partial charge on any atom is 0.325 e. The molecule has 8 N–H and O–H groups in total. The van der Waals surface area contributed by atoms with Gasteiger partial charge in [-0.2, -0.15) is 0 Å². The molecule has 0 aliphatic rings. The van der Waals surface area contributed by atoms with Crippen molar-refractivity contribution in [2.24, 2.45) is 11.5 Å². The fourth-order valence-electron chi connectivity index (χ4n) is 2.57. The molecule has 0 aliphatic carbocycles. The minimum absolute atomic E-state index is 0.126. The van der Waals surface area contributed by atoms with Crippen LogP contribution in [0.3, 0.4) is 0 Å². The highest BCUT2D eigenvalue weighted by atomic mass is 16.4. The van der Waals surface area contributed by atoms with E-state index < -0.39 is 53.8 Å². The molecule has 0 bridgehead atoms.